The number of benzene rings is 2. The Hall–Kier alpha value is -3.00. The molecule has 5 nitrogen and oxygen atoms in total. The van der Waals surface area contributed by atoms with Crippen LogP contribution in [0.5, 0.6) is 17.2 Å². The van der Waals surface area contributed by atoms with Gasteiger partial charge in [0.05, 0.1) is 11.6 Å². The van der Waals surface area contributed by atoms with Crippen molar-refractivity contribution in [2.45, 2.75) is 25.2 Å². The Morgan fingerprint density at radius 1 is 1.00 bits per heavy atom. The summed E-state index contributed by atoms with van der Waals surface area (Å²) in [7, 11) is 0. The van der Waals surface area contributed by atoms with Gasteiger partial charge in [0, 0.05) is 6.04 Å². The van der Waals surface area contributed by atoms with Crippen molar-refractivity contribution in [1.82, 2.24) is 5.32 Å². The number of aldehydes is 1. The first-order chi connectivity index (χ1) is 13.7. The summed E-state index contributed by atoms with van der Waals surface area (Å²) >= 11 is 5.97. The zero-order valence-corrected chi connectivity index (χ0v) is 15.8. The van der Waals surface area contributed by atoms with Crippen molar-refractivity contribution in [2.24, 2.45) is 0 Å². The van der Waals surface area contributed by atoms with Crippen LogP contribution < -0.4 is 14.8 Å². The maximum atomic E-state index is 12.5. The summed E-state index contributed by atoms with van der Waals surface area (Å²) < 4.78 is 46.0. The molecule has 0 spiro atoms. The van der Waals surface area contributed by atoms with Gasteiger partial charge in [-0.15, -0.1) is 13.2 Å². The normalized spacial score (nSPS) is 19.6. The van der Waals surface area contributed by atoms with Crippen LogP contribution in [-0.2, 0) is 9.59 Å². The molecule has 2 aromatic rings. The highest BCUT2D eigenvalue weighted by molar-refractivity contribution is 6.45. The van der Waals surface area contributed by atoms with E-state index in [4.69, 9.17) is 16.3 Å². The van der Waals surface area contributed by atoms with Crippen molar-refractivity contribution in [3.63, 3.8) is 0 Å². The van der Waals surface area contributed by atoms with E-state index in [9.17, 15) is 22.8 Å². The molecule has 2 aromatic carbocycles. The van der Waals surface area contributed by atoms with Gasteiger partial charge in [0.15, 0.2) is 12.1 Å². The Kier molecular flexibility index (Phi) is 5.83. The van der Waals surface area contributed by atoms with Crippen LogP contribution in [0.4, 0.5) is 13.2 Å². The minimum atomic E-state index is -4.76. The molecular formula is C20H15ClF3NO4. The van der Waals surface area contributed by atoms with E-state index in [1.165, 1.54) is 12.1 Å². The second-order valence-corrected chi connectivity index (χ2v) is 6.69. The minimum Gasteiger partial charge on any atom is -0.457 e. The molecule has 1 heterocycles. The Bertz CT molecular complexity index is 940. The standard InChI is InChI=1S/C20H15ClF3NO4/c1-11-17(19(27)18(21)16(10-26)25-11)12-2-4-13(5-3-12)28-14-6-8-15(9-7-14)29-20(22,23)24/h2-11,17,25H,1H3. The molecule has 2 unspecified atom stereocenters. The summed E-state index contributed by atoms with van der Waals surface area (Å²) in [5, 5.41) is 2.77. The van der Waals surface area contributed by atoms with Crippen LogP contribution in [0.3, 0.4) is 0 Å². The van der Waals surface area contributed by atoms with Crippen molar-refractivity contribution < 1.29 is 32.2 Å². The first-order valence-corrected chi connectivity index (χ1v) is 8.85. The Labute approximate surface area is 169 Å². The lowest BCUT2D eigenvalue weighted by molar-refractivity contribution is -0.274. The van der Waals surface area contributed by atoms with E-state index in [0.29, 0.717) is 23.3 Å². The number of halogens is 4. The van der Waals surface area contributed by atoms with Crippen LogP contribution in [0.15, 0.2) is 59.3 Å². The van der Waals surface area contributed by atoms with Gasteiger partial charge >= 0.3 is 6.36 Å². The molecule has 0 amide bonds. The molecule has 1 N–H and O–H groups in total. The van der Waals surface area contributed by atoms with Gasteiger partial charge in [-0.3, -0.25) is 9.59 Å². The number of nitrogens with one attached hydrogen (secondary N) is 1. The fraction of sp³-hybridized carbons (Fsp3) is 0.200. The van der Waals surface area contributed by atoms with Crippen LogP contribution in [0.1, 0.15) is 18.4 Å². The van der Waals surface area contributed by atoms with Gasteiger partial charge in [-0.25, -0.2) is 0 Å². The molecule has 2 atom stereocenters. The number of carbonyl (C=O) groups is 2. The van der Waals surface area contributed by atoms with E-state index in [2.05, 4.69) is 10.1 Å². The maximum absolute atomic E-state index is 12.5. The third kappa shape index (κ3) is 4.89. The Balaban J connectivity index is 1.72. The number of hydrogen-bond donors (Lipinski definition) is 1. The number of carbonyl (C=O) groups excluding carboxylic acids is 2. The van der Waals surface area contributed by atoms with Gasteiger partial charge in [0.25, 0.3) is 0 Å². The lowest BCUT2D eigenvalue weighted by Crippen LogP contribution is -2.41. The second-order valence-electron chi connectivity index (χ2n) is 6.31. The lowest BCUT2D eigenvalue weighted by Gasteiger charge is -2.29. The van der Waals surface area contributed by atoms with Crippen molar-refractivity contribution in [3.05, 3.63) is 64.8 Å². The first kappa shape index (κ1) is 20.7. The van der Waals surface area contributed by atoms with Crippen LogP contribution in [0, 0.1) is 0 Å². The quantitative estimate of drug-likeness (QED) is 0.705. The minimum absolute atomic E-state index is 0.0679. The predicted octanol–water partition coefficient (Wildman–Crippen LogP) is 4.67. The molecule has 0 saturated heterocycles. The fourth-order valence-electron chi connectivity index (χ4n) is 3.00. The number of hydrogen-bond acceptors (Lipinski definition) is 5. The van der Waals surface area contributed by atoms with Gasteiger partial charge in [-0.2, -0.15) is 0 Å². The predicted molar refractivity (Wildman–Crippen MR) is 98.9 cm³/mol. The maximum Gasteiger partial charge on any atom is 0.573 e. The van der Waals surface area contributed by atoms with E-state index in [1.54, 1.807) is 31.2 Å². The van der Waals surface area contributed by atoms with Gasteiger partial charge < -0.3 is 14.8 Å². The summed E-state index contributed by atoms with van der Waals surface area (Å²) in [4.78, 5) is 23.5. The van der Waals surface area contributed by atoms with Crippen LogP contribution in [-0.4, -0.2) is 24.5 Å². The van der Waals surface area contributed by atoms with Crippen LogP contribution in [0.25, 0.3) is 0 Å². The SMILES string of the molecule is CC1NC(C=O)=C(Cl)C(=O)C1c1ccc(Oc2ccc(OC(F)(F)F)cc2)cc1. The summed E-state index contributed by atoms with van der Waals surface area (Å²) in [6.07, 6.45) is -4.25. The fourth-order valence-corrected chi connectivity index (χ4v) is 3.22. The van der Waals surface area contributed by atoms with Crippen molar-refractivity contribution in [1.29, 1.82) is 0 Å². The number of rotatable bonds is 5. The zero-order chi connectivity index (χ0) is 21.2. The molecular weight excluding hydrogens is 411 g/mol. The van der Waals surface area contributed by atoms with E-state index in [0.717, 1.165) is 12.1 Å². The lowest BCUT2D eigenvalue weighted by atomic mass is 9.85. The molecule has 152 valence electrons. The molecule has 0 saturated carbocycles. The van der Waals surface area contributed by atoms with E-state index in [1.807, 2.05) is 0 Å². The number of ketones is 1. The summed E-state index contributed by atoms with van der Waals surface area (Å²) in [6.45, 7) is 1.77. The van der Waals surface area contributed by atoms with E-state index in [-0.39, 0.29) is 28.3 Å². The summed E-state index contributed by atoms with van der Waals surface area (Å²) in [6, 6.07) is 11.3. The summed E-state index contributed by atoms with van der Waals surface area (Å²) in [5.74, 6) is -0.528. The smallest absolute Gasteiger partial charge is 0.457 e. The number of alkyl halides is 3. The molecule has 0 aromatic heterocycles. The highest BCUT2D eigenvalue weighted by atomic mass is 35.5. The molecule has 9 heteroatoms. The molecule has 0 aliphatic carbocycles. The Morgan fingerprint density at radius 3 is 2.03 bits per heavy atom. The van der Waals surface area contributed by atoms with Crippen molar-refractivity contribution >= 4 is 23.7 Å². The largest absolute Gasteiger partial charge is 0.573 e. The first-order valence-electron chi connectivity index (χ1n) is 8.47. The van der Waals surface area contributed by atoms with Crippen molar-refractivity contribution in [2.75, 3.05) is 0 Å². The van der Waals surface area contributed by atoms with Gasteiger partial charge in [0.1, 0.15) is 22.3 Å². The van der Waals surface area contributed by atoms with Crippen molar-refractivity contribution in [3.8, 4) is 17.2 Å². The Morgan fingerprint density at radius 2 is 1.52 bits per heavy atom. The van der Waals surface area contributed by atoms with Gasteiger partial charge in [-0.1, -0.05) is 23.7 Å². The average Bonchev–Trinajstić information content (AvgIpc) is 2.66. The molecule has 1 aliphatic heterocycles. The second kappa shape index (κ2) is 8.16. The molecule has 1 aliphatic rings. The molecule has 3 rings (SSSR count). The van der Waals surface area contributed by atoms with Crippen LogP contribution >= 0.6 is 11.6 Å². The van der Waals surface area contributed by atoms with E-state index < -0.39 is 12.3 Å². The highest BCUT2D eigenvalue weighted by Gasteiger charge is 2.35. The summed E-state index contributed by atoms with van der Waals surface area (Å²) in [5.41, 5.74) is 0.748. The average molecular weight is 426 g/mol. The molecule has 29 heavy (non-hydrogen) atoms. The monoisotopic (exact) mass is 425 g/mol. The van der Waals surface area contributed by atoms with Crippen LogP contribution in [0.2, 0.25) is 0 Å². The number of Topliss-reactive ketones (excluding diaryl/α,β-unsaturated/α-hetero) is 1. The van der Waals surface area contributed by atoms with Gasteiger partial charge in [-0.05, 0) is 48.9 Å². The topological polar surface area (TPSA) is 64.6 Å². The molecule has 0 bridgehead atoms. The molecule has 0 fully saturated rings. The highest BCUT2D eigenvalue weighted by Crippen LogP contribution is 2.33. The molecule has 0 radical (unpaired) electrons. The number of ether oxygens (including phenoxy) is 2. The van der Waals surface area contributed by atoms with E-state index >= 15 is 0 Å². The third-order valence-corrected chi connectivity index (χ3v) is 4.66. The zero-order valence-electron chi connectivity index (χ0n) is 15.0. The van der Waals surface area contributed by atoms with Gasteiger partial charge in [0.2, 0.25) is 0 Å². The third-order valence-electron chi connectivity index (χ3n) is 4.27. The number of allylic oxidation sites excluding steroid dienone is 2.